The molecular weight excluding hydrogens is 218 g/mol. The molecule has 1 aliphatic carbocycles. The van der Waals surface area contributed by atoms with Crippen molar-refractivity contribution in [3.63, 3.8) is 0 Å². The van der Waals surface area contributed by atoms with Crippen molar-refractivity contribution in [1.29, 1.82) is 0 Å². The Morgan fingerprint density at radius 3 is 2.19 bits per heavy atom. The number of benzene rings is 1. The van der Waals surface area contributed by atoms with Crippen LogP contribution in [0.2, 0.25) is 0 Å². The lowest BCUT2D eigenvalue weighted by atomic mass is 10.0. The maximum absolute atomic E-state index is 11.9. The predicted molar refractivity (Wildman–Crippen MR) is 68.7 cm³/mol. The van der Waals surface area contributed by atoms with Crippen LogP contribution in [-0.2, 0) is 23.8 Å². The number of hydrogen-bond donors (Lipinski definition) is 1. The molecule has 2 rings (SSSR count). The molecule has 0 amide bonds. The highest BCUT2D eigenvalue weighted by Gasteiger charge is 2.34. The van der Waals surface area contributed by atoms with E-state index in [9.17, 15) is 4.21 Å². The number of nitrogens with one attached hydrogen (secondary N) is 1. The molecular formula is C13H19NOS. The van der Waals surface area contributed by atoms with Crippen molar-refractivity contribution in [3.8, 4) is 0 Å². The first kappa shape index (κ1) is 11.8. The van der Waals surface area contributed by atoms with E-state index in [0.29, 0.717) is 0 Å². The van der Waals surface area contributed by atoms with E-state index >= 15 is 0 Å². The summed E-state index contributed by atoms with van der Waals surface area (Å²) in [5.41, 5.74) is 2.73. The van der Waals surface area contributed by atoms with E-state index in [-0.39, 0.29) is 10.8 Å². The fraction of sp³-hybridized carbons (Fsp3) is 0.538. The second kappa shape index (κ2) is 4.30. The van der Waals surface area contributed by atoms with Crippen molar-refractivity contribution in [2.45, 2.75) is 44.4 Å². The number of rotatable bonds is 3. The minimum absolute atomic E-state index is 0.0428. The van der Waals surface area contributed by atoms with Gasteiger partial charge in [0.05, 0.1) is 11.0 Å². The lowest BCUT2D eigenvalue weighted by Gasteiger charge is -2.25. The zero-order chi connectivity index (χ0) is 11.8. The van der Waals surface area contributed by atoms with Crippen LogP contribution in [0.15, 0.2) is 24.3 Å². The molecule has 1 unspecified atom stereocenters. The molecule has 0 heterocycles. The largest absolute Gasteiger partial charge is 0.243 e. The van der Waals surface area contributed by atoms with Crippen LogP contribution in [-0.4, -0.2) is 15.0 Å². The molecule has 1 aromatic carbocycles. The van der Waals surface area contributed by atoms with Gasteiger partial charge in [-0.05, 0) is 44.7 Å². The molecule has 0 aliphatic heterocycles. The summed E-state index contributed by atoms with van der Waals surface area (Å²) in [5.74, 6) is 0. The summed E-state index contributed by atoms with van der Waals surface area (Å²) in [6.07, 6.45) is 1.95. The van der Waals surface area contributed by atoms with E-state index < -0.39 is 11.0 Å². The van der Waals surface area contributed by atoms with Crippen LogP contribution in [0, 0.1) is 0 Å². The van der Waals surface area contributed by atoms with Crippen molar-refractivity contribution in [1.82, 2.24) is 4.72 Å². The average Bonchev–Trinajstić information content (AvgIpc) is 2.53. The maximum Gasteiger partial charge on any atom is 0.0946 e. The highest BCUT2D eigenvalue weighted by molar-refractivity contribution is 7.83. The Morgan fingerprint density at radius 2 is 1.75 bits per heavy atom. The highest BCUT2D eigenvalue weighted by Crippen LogP contribution is 2.29. The molecule has 0 saturated carbocycles. The third-order valence-corrected chi connectivity index (χ3v) is 4.61. The Morgan fingerprint density at radius 1 is 1.25 bits per heavy atom. The molecule has 0 fully saturated rings. The molecule has 2 nitrogen and oxygen atoms in total. The molecule has 0 aromatic heterocycles. The molecule has 0 saturated heterocycles. The van der Waals surface area contributed by atoms with E-state index in [4.69, 9.17) is 0 Å². The SMILES string of the molecule is CC(C)S(=O)NC1(C)Cc2ccccc2C1. The van der Waals surface area contributed by atoms with Gasteiger partial charge in [0.1, 0.15) is 0 Å². The van der Waals surface area contributed by atoms with Crippen molar-refractivity contribution in [2.75, 3.05) is 0 Å². The van der Waals surface area contributed by atoms with Gasteiger partial charge in [-0.15, -0.1) is 0 Å². The topological polar surface area (TPSA) is 29.1 Å². The number of fused-ring (bicyclic) bond motifs is 1. The van der Waals surface area contributed by atoms with Gasteiger partial charge in [0.15, 0.2) is 0 Å². The fourth-order valence-electron chi connectivity index (χ4n) is 2.24. The molecule has 16 heavy (non-hydrogen) atoms. The van der Waals surface area contributed by atoms with Gasteiger partial charge in [-0.1, -0.05) is 24.3 Å². The van der Waals surface area contributed by atoms with E-state index in [1.54, 1.807) is 0 Å². The standard InChI is InChI=1S/C13H19NOS/c1-10(2)16(15)14-13(3)8-11-6-4-5-7-12(11)9-13/h4-7,10,14H,8-9H2,1-3H3. The van der Waals surface area contributed by atoms with Crippen LogP contribution in [0.3, 0.4) is 0 Å². The van der Waals surface area contributed by atoms with Crippen LogP contribution >= 0.6 is 0 Å². The Kier molecular flexibility index (Phi) is 3.17. The Balaban J connectivity index is 2.12. The van der Waals surface area contributed by atoms with Crippen LogP contribution < -0.4 is 4.72 Å². The zero-order valence-corrected chi connectivity index (χ0v) is 10.9. The lowest BCUT2D eigenvalue weighted by molar-refractivity contribution is 0.450. The lowest BCUT2D eigenvalue weighted by Crippen LogP contribution is -2.46. The molecule has 1 aromatic rings. The molecule has 0 radical (unpaired) electrons. The summed E-state index contributed by atoms with van der Waals surface area (Å²) >= 11 is 0. The smallest absolute Gasteiger partial charge is 0.0946 e. The average molecular weight is 237 g/mol. The fourth-order valence-corrected chi connectivity index (χ4v) is 3.10. The van der Waals surface area contributed by atoms with E-state index in [2.05, 4.69) is 35.9 Å². The Bertz CT molecular complexity index is 389. The Labute approximate surface area is 100 Å². The third-order valence-electron chi connectivity index (χ3n) is 3.05. The van der Waals surface area contributed by atoms with Crippen molar-refractivity contribution in [2.24, 2.45) is 0 Å². The molecule has 1 N–H and O–H groups in total. The minimum Gasteiger partial charge on any atom is -0.243 e. The highest BCUT2D eigenvalue weighted by atomic mass is 32.2. The van der Waals surface area contributed by atoms with E-state index in [0.717, 1.165) is 12.8 Å². The third kappa shape index (κ3) is 2.36. The summed E-state index contributed by atoms with van der Waals surface area (Å²) in [7, 11) is -0.939. The predicted octanol–water partition coefficient (Wildman–Crippen LogP) is 2.21. The Hall–Kier alpha value is -0.670. The molecule has 1 atom stereocenters. The van der Waals surface area contributed by atoms with E-state index in [1.807, 2.05) is 13.8 Å². The second-order valence-electron chi connectivity index (χ2n) is 5.13. The summed E-state index contributed by atoms with van der Waals surface area (Å²) in [5, 5.41) is 0.167. The normalized spacial score (nSPS) is 19.8. The number of hydrogen-bond acceptors (Lipinski definition) is 1. The van der Waals surface area contributed by atoms with Gasteiger partial charge in [0, 0.05) is 10.8 Å². The molecule has 3 heteroatoms. The summed E-state index contributed by atoms with van der Waals surface area (Å²) in [4.78, 5) is 0. The van der Waals surface area contributed by atoms with Gasteiger partial charge in [0.25, 0.3) is 0 Å². The van der Waals surface area contributed by atoms with Gasteiger partial charge >= 0.3 is 0 Å². The van der Waals surface area contributed by atoms with Gasteiger partial charge in [-0.3, -0.25) is 0 Å². The second-order valence-corrected chi connectivity index (χ2v) is 6.87. The summed E-state index contributed by atoms with van der Waals surface area (Å²) in [6, 6.07) is 8.48. The van der Waals surface area contributed by atoms with Crippen molar-refractivity contribution < 1.29 is 4.21 Å². The molecule has 0 bridgehead atoms. The van der Waals surface area contributed by atoms with Gasteiger partial charge < -0.3 is 0 Å². The molecule has 1 aliphatic rings. The van der Waals surface area contributed by atoms with Crippen LogP contribution in [0.25, 0.3) is 0 Å². The monoisotopic (exact) mass is 237 g/mol. The summed E-state index contributed by atoms with van der Waals surface area (Å²) < 4.78 is 15.1. The maximum atomic E-state index is 11.9. The summed E-state index contributed by atoms with van der Waals surface area (Å²) in [6.45, 7) is 6.12. The van der Waals surface area contributed by atoms with Gasteiger partial charge in [0.2, 0.25) is 0 Å². The van der Waals surface area contributed by atoms with Crippen LogP contribution in [0.1, 0.15) is 31.9 Å². The first-order valence-electron chi connectivity index (χ1n) is 5.75. The van der Waals surface area contributed by atoms with Crippen molar-refractivity contribution in [3.05, 3.63) is 35.4 Å². The first-order valence-corrected chi connectivity index (χ1v) is 6.97. The van der Waals surface area contributed by atoms with E-state index in [1.165, 1.54) is 11.1 Å². The van der Waals surface area contributed by atoms with Crippen LogP contribution in [0.4, 0.5) is 0 Å². The van der Waals surface area contributed by atoms with Gasteiger partial charge in [-0.2, -0.15) is 0 Å². The quantitative estimate of drug-likeness (QED) is 0.858. The zero-order valence-electron chi connectivity index (χ0n) is 10.1. The van der Waals surface area contributed by atoms with Crippen molar-refractivity contribution >= 4 is 11.0 Å². The first-order chi connectivity index (χ1) is 7.50. The minimum atomic E-state index is -0.939. The van der Waals surface area contributed by atoms with Crippen LogP contribution in [0.5, 0.6) is 0 Å². The van der Waals surface area contributed by atoms with Gasteiger partial charge in [-0.25, -0.2) is 8.93 Å². The molecule has 88 valence electrons. The molecule has 0 spiro atoms.